The predicted molar refractivity (Wildman–Crippen MR) is 93.7 cm³/mol. The van der Waals surface area contributed by atoms with E-state index >= 15 is 0 Å². The summed E-state index contributed by atoms with van der Waals surface area (Å²) in [6, 6.07) is 2.66. The van der Waals surface area contributed by atoms with Gasteiger partial charge in [-0.25, -0.2) is 0 Å². The average molecular weight is 313 g/mol. The lowest BCUT2D eigenvalue weighted by Gasteiger charge is -2.49. The van der Waals surface area contributed by atoms with Crippen molar-refractivity contribution in [2.24, 2.45) is 23.2 Å². The van der Waals surface area contributed by atoms with Crippen molar-refractivity contribution in [3.8, 4) is 6.07 Å². The molecule has 0 aromatic rings. The van der Waals surface area contributed by atoms with E-state index < -0.39 is 0 Å². The molecule has 0 unspecified atom stereocenters. The minimum absolute atomic E-state index is 0.0137. The molecule has 126 valence electrons. The van der Waals surface area contributed by atoms with Crippen LogP contribution in [0, 0.1) is 34.5 Å². The lowest BCUT2D eigenvalue weighted by atomic mass is 9.54. The van der Waals surface area contributed by atoms with Crippen LogP contribution in [0.15, 0.2) is 23.3 Å². The second-order valence-corrected chi connectivity index (χ2v) is 8.72. The van der Waals surface area contributed by atoms with Crippen LogP contribution in [0.5, 0.6) is 0 Å². The quantitative estimate of drug-likeness (QED) is 0.516. The Labute approximate surface area is 141 Å². The Morgan fingerprint density at radius 1 is 1.35 bits per heavy atom. The van der Waals surface area contributed by atoms with Crippen LogP contribution >= 0.6 is 0 Å². The molecular formula is C21H31NO. The zero-order valence-corrected chi connectivity index (χ0v) is 15.4. The van der Waals surface area contributed by atoms with Crippen molar-refractivity contribution in [2.75, 3.05) is 0 Å². The number of allylic oxidation sites excluding steroid dienone is 3. The van der Waals surface area contributed by atoms with E-state index in [4.69, 9.17) is 4.74 Å². The molecule has 0 bridgehead atoms. The summed E-state index contributed by atoms with van der Waals surface area (Å²) in [5, 5.41) is 9.75. The maximum absolute atomic E-state index is 9.75. The van der Waals surface area contributed by atoms with Crippen LogP contribution in [0.4, 0.5) is 0 Å². The van der Waals surface area contributed by atoms with Gasteiger partial charge in [0.15, 0.2) is 0 Å². The molecular weight excluding hydrogens is 282 g/mol. The van der Waals surface area contributed by atoms with E-state index in [1.165, 1.54) is 17.6 Å². The molecule has 3 aliphatic rings. The number of hydrogen-bond acceptors (Lipinski definition) is 2. The van der Waals surface area contributed by atoms with Gasteiger partial charge in [-0.05, 0) is 84.5 Å². The smallest absolute Gasteiger partial charge is 0.0957 e. The molecule has 0 N–H and O–H groups in total. The first-order valence-electron chi connectivity index (χ1n) is 9.20. The molecule has 6 atom stereocenters. The Hall–Kier alpha value is -1.07. The lowest BCUT2D eigenvalue weighted by Crippen LogP contribution is -2.46. The Morgan fingerprint density at radius 2 is 2.09 bits per heavy atom. The van der Waals surface area contributed by atoms with Crippen LogP contribution in [0.3, 0.4) is 0 Å². The van der Waals surface area contributed by atoms with E-state index in [0.29, 0.717) is 23.9 Å². The van der Waals surface area contributed by atoms with Crippen molar-refractivity contribution < 1.29 is 4.74 Å². The van der Waals surface area contributed by atoms with E-state index in [-0.39, 0.29) is 11.0 Å². The molecule has 0 amide bonds. The fraction of sp³-hybridized carbons (Fsp3) is 0.762. The monoisotopic (exact) mass is 313 g/mol. The van der Waals surface area contributed by atoms with Crippen molar-refractivity contribution in [1.82, 2.24) is 0 Å². The van der Waals surface area contributed by atoms with Gasteiger partial charge in [-0.3, -0.25) is 0 Å². The molecule has 3 rings (SSSR count). The van der Waals surface area contributed by atoms with E-state index in [9.17, 15) is 5.26 Å². The fourth-order valence-electron chi connectivity index (χ4n) is 5.11. The maximum Gasteiger partial charge on any atom is 0.0957 e. The minimum atomic E-state index is -0.154. The zero-order chi connectivity index (χ0) is 16.8. The third-order valence-electron chi connectivity index (χ3n) is 6.76. The topological polar surface area (TPSA) is 36.3 Å². The third-order valence-corrected chi connectivity index (χ3v) is 6.76. The van der Waals surface area contributed by atoms with E-state index in [2.05, 4.69) is 52.8 Å². The highest BCUT2D eigenvalue weighted by molar-refractivity contribution is 5.21. The molecule has 2 heteroatoms. The maximum atomic E-state index is 9.75. The Bertz CT molecular complexity index is 579. The molecule has 23 heavy (non-hydrogen) atoms. The van der Waals surface area contributed by atoms with Gasteiger partial charge < -0.3 is 4.74 Å². The number of nitriles is 1. The summed E-state index contributed by atoms with van der Waals surface area (Å²) in [4.78, 5) is 0. The van der Waals surface area contributed by atoms with Gasteiger partial charge in [-0.2, -0.15) is 5.26 Å². The van der Waals surface area contributed by atoms with Gasteiger partial charge in [-0.15, -0.1) is 0 Å². The first-order valence-corrected chi connectivity index (χ1v) is 9.20. The van der Waals surface area contributed by atoms with Crippen LogP contribution in [-0.4, -0.2) is 11.7 Å². The second-order valence-electron chi connectivity index (χ2n) is 8.72. The highest BCUT2D eigenvalue weighted by Gasteiger charge is 2.62. The molecule has 1 saturated heterocycles. The van der Waals surface area contributed by atoms with Gasteiger partial charge in [0.05, 0.1) is 23.2 Å². The van der Waals surface area contributed by atoms with Gasteiger partial charge >= 0.3 is 0 Å². The molecule has 0 aromatic heterocycles. The highest BCUT2D eigenvalue weighted by atomic mass is 16.6. The Kier molecular flexibility index (Phi) is 4.21. The van der Waals surface area contributed by atoms with E-state index in [1.54, 1.807) is 0 Å². The molecule has 2 nitrogen and oxygen atoms in total. The highest BCUT2D eigenvalue weighted by Crippen LogP contribution is 2.59. The van der Waals surface area contributed by atoms with Crippen LogP contribution in [0.2, 0.25) is 0 Å². The average Bonchev–Trinajstić information content (AvgIpc) is 3.16. The van der Waals surface area contributed by atoms with Gasteiger partial charge in [0.2, 0.25) is 0 Å². The first-order chi connectivity index (χ1) is 10.8. The summed E-state index contributed by atoms with van der Waals surface area (Å²) >= 11 is 0. The van der Waals surface area contributed by atoms with Gasteiger partial charge in [0.1, 0.15) is 0 Å². The predicted octanol–water partition coefficient (Wildman–Crippen LogP) is 5.41. The molecule has 1 heterocycles. The summed E-state index contributed by atoms with van der Waals surface area (Å²) in [7, 11) is 0. The standard InChI is InChI=1S/C21H31NO/c1-14(2)6-9-19-21(5,23-19)18-10-11-20(4,13-22)17-8-7-15(3)12-16(17)18/h6,12,16-19H,7-11H2,1-5H3/t16-,17-,18-,19+,20+,21+/m0/s1. The number of epoxide rings is 1. The number of nitrogens with zero attached hydrogens (tertiary/aromatic N) is 1. The summed E-state index contributed by atoms with van der Waals surface area (Å²) in [5.41, 5.74) is 2.73. The van der Waals surface area contributed by atoms with Crippen molar-refractivity contribution in [2.45, 2.75) is 78.4 Å². The van der Waals surface area contributed by atoms with Gasteiger partial charge in [-0.1, -0.05) is 23.3 Å². The number of hydrogen-bond donors (Lipinski definition) is 0. The molecule has 2 fully saturated rings. The van der Waals surface area contributed by atoms with Gasteiger partial charge in [0, 0.05) is 0 Å². The zero-order valence-electron chi connectivity index (χ0n) is 15.4. The Balaban J connectivity index is 1.83. The van der Waals surface area contributed by atoms with E-state index in [1.807, 2.05) is 0 Å². The molecule has 2 aliphatic carbocycles. The SMILES string of the molecule is CC(C)=CC[C@H]1O[C@]1(C)[C@H]1CC[C@](C)(C#N)[C@H]2CCC(C)=C[C@H]12. The second kappa shape index (κ2) is 5.78. The van der Waals surface area contributed by atoms with E-state index in [0.717, 1.165) is 25.7 Å². The van der Waals surface area contributed by atoms with Crippen LogP contribution in [0.1, 0.15) is 66.7 Å². The molecule has 0 radical (unpaired) electrons. The van der Waals surface area contributed by atoms with Gasteiger partial charge in [0.25, 0.3) is 0 Å². The summed E-state index contributed by atoms with van der Waals surface area (Å²) in [6.45, 7) is 11.1. The first kappa shape index (κ1) is 16.8. The molecule has 0 spiro atoms. The summed E-state index contributed by atoms with van der Waals surface area (Å²) in [6.07, 6.45) is 10.7. The lowest BCUT2D eigenvalue weighted by molar-refractivity contribution is 0.0303. The number of rotatable bonds is 3. The third kappa shape index (κ3) is 2.89. The van der Waals surface area contributed by atoms with Crippen molar-refractivity contribution >= 4 is 0 Å². The van der Waals surface area contributed by atoms with Crippen molar-refractivity contribution in [3.05, 3.63) is 23.3 Å². The van der Waals surface area contributed by atoms with Crippen LogP contribution < -0.4 is 0 Å². The number of ether oxygens (including phenoxy) is 1. The largest absolute Gasteiger partial charge is 0.366 e. The van der Waals surface area contributed by atoms with Crippen molar-refractivity contribution in [1.29, 1.82) is 5.26 Å². The van der Waals surface area contributed by atoms with Crippen LogP contribution in [-0.2, 0) is 4.74 Å². The number of fused-ring (bicyclic) bond motifs is 1. The van der Waals surface area contributed by atoms with Crippen molar-refractivity contribution in [3.63, 3.8) is 0 Å². The Morgan fingerprint density at radius 3 is 2.74 bits per heavy atom. The van der Waals surface area contributed by atoms with Crippen LogP contribution in [0.25, 0.3) is 0 Å². The fourth-order valence-corrected chi connectivity index (χ4v) is 5.11. The minimum Gasteiger partial charge on any atom is -0.366 e. The summed E-state index contributed by atoms with van der Waals surface area (Å²) in [5.74, 6) is 1.59. The molecule has 1 aliphatic heterocycles. The molecule has 0 aromatic carbocycles. The summed E-state index contributed by atoms with van der Waals surface area (Å²) < 4.78 is 6.22. The normalized spacial score (nSPS) is 45.5. The molecule has 1 saturated carbocycles.